The summed E-state index contributed by atoms with van der Waals surface area (Å²) in [4.78, 5) is 30.6. The van der Waals surface area contributed by atoms with E-state index in [-0.39, 0.29) is 18.8 Å². The largest absolute Gasteiger partial charge is 0.481 e. The first kappa shape index (κ1) is 22.6. The first-order valence-corrected chi connectivity index (χ1v) is 11.6. The van der Waals surface area contributed by atoms with Crippen molar-refractivity contribution in [2.45, 2.75) is 57.8 Å². The number of unbranched alkanes of at least 4 members (excludes halogenated alkanes) is 3. The number of H-pyrrole nitrogens is 2. The molecule has 0 saturated carbocycles. The maximum atomic E-state index is 11.8. The summed E-state index contributed by atoms with van der Waals surface area (Å²) >= 11 is 0. The van der Waals surface area contributed by atoms with Crippen LogP contribution in [0.5, 0.6) is 0 Å². The first-order valence-electron chi connectivity index (χ1n) is 11.6. The Morgan fingerprint density at radius 1 is 0.758 bits per heavy atom. The van der Waals surface area contributed by atoms with E-state index in [1.54, 1.807) is 0 Å². The summed E-state index contributed by atoms with van der Waals surface area (Å²) in [5.41, 5.74) is 5.09. The van der Waals surface area contributed by atoms with Crippen LogP contribution < -0.4 is 0 Å². The average molecular weight is 447 g/mol. The third kappa shape index (κ3) is 4.80. The molecular weight excluding hydrogens is 416 g/mol. The number of carbonyl (C=O) groups is 2. The van der Waals surface area contributed by atoms with E-state index in [1.165, 1.54) is 0 Å². The number of hydrogen-bond donors (Lipinski definition) is 4. The Bertz CT molecular complexity index is 1190. The van der Waals surface area contributed by atoms with Gasteiger partial charge in [0, 0.05) is 39.1 Å². The fraction of sp³-hybridized carbons (Fsp3) is 0.333. The molecule has 0 fully saturated rings. The van der Waals surface area contributed by atoms with Crippen LogP contribution in [-0.2, 0) is 22.4 Å². The number of benzene rings is 2. The number of carboxylic acids is 2. The molecule has 0 radical (unpaired) electrons. The first-order chi connectivity index (χ1) is 16.0. The summed E-state index contributed by atoms with van der Waals surface area (Å²) < 4.78 is 0. The van der Waals surface area contributed by atoms with E-state index in [9.17, 15) is 19.8 Å². The molecule has 0 amide bonds. The molecule has 4 rings (SSSR count). The third-order valence-corrected chi connectivity index (χ3v) is 6.39. The molecule has 2 aromatic carbocycles. The van der Waals surface area contributed by atoms with Gasteiger partial charge in [0.05, 0.1) is 12.8 Å². The maximum absolute atomic E-state index is 11.8. The van der Waals surface area contributed by atoms with Gasteiger partial charge < -0.3 is 20.2 Å². The standard InChI is InChI=1S/C27H30N2O4/c1-2-3-4-5-12-19(26-20(15-24(30)31)17-10-6-8-13-22(17)28-26)27-21(16-25(32)33)18-11-7-9-14-23(18)29-27/h6-11,13-14,19,28-29H,2-5,12,15-16H2,1H3,(H,30,31)(H,32,33). The highest BCUT2D eigenvalue weighted by Gasteiger charge is 2.27. The smallest absolute Gasteiger partial charge is 0.307 e. The lowest BCUT2D eigenvalue weighted by Gasteiger charge is -2.19. The van der Waals surface area contributed by atoms with Gasteiger partial charge in [0.2, 0.25) is 0 Å². The van der Waals surface area contributed by atoms with E-state index in [4.69, 9.17) is 0 Å². The number of para-hydroxylation sites is 2. The minimum atomic E-state index is -0.881. The van der Waals surface area contributed by atoms with E-state index in [1.807, 2.05) is 48.5 Å². The molecule has 33 heavy (non-hydrogen) atoms. The summed E-state index contributed by atoms with van der Waals surface area (Å²) in [6.07, 6.45) is 4.95. The molecule has 6 nitrogen and oxygen atoms in total. The number of aromatic nitrogens is 2. The number of aromatic amines is 2. The fourth-order valence-electron chi connectivity index (χ4n) is 4.93. The molecule has 172 valence electrons. The number of aliphatic carboxylic acids is 2. The lowest BCUT2D eigenvalue weighted by Crippen LogP contribution is -2.12. The second-order valence-corrected chi connectivity index (χ2v) is 8.67. The van der Waals surface area contributed by atoms with Crippen LogP contribution >= 0.6 is 0 Å². The molecule has 2 aromatic heterocycles. The van der Waals surface area contributed by atoms with Crippen LogP contribution in [0.4, 0.5) is 0 Å². The zero-order valence-corrected chi connectivity index (χ0v) is 18.9. The van der Waals surface area contributed by atoms with Gasteiger partial charge in [-0.25, -0.2) is 0 Å². The Balaban J connectivity index is 1.90. The van der Waals surface area contributed by atoms with Gasteiger partial charge in [0.15, 0.2) is 0 Å². The summed E-state index contributed by atoms with van der Waals surface area (Å²) in [5, 5.41) is 21.1. The highest BCUT2D eigenvalue weighted by molar-refractivity contribution is 5.91. The highest BCUT2D eigenvalue weighted by Crippen LogP contribution is 2.39. The highest BCUT2D eigenvalue weighted by atomic mass is 16.4. The molecule has 4 N–H and O–H groups in total. The second kappa shape index (κ2) is 9.94. The topological polar surface area (TPSA) is 106 Å². The van der Waals surface area contributed by atoms with Crippen LogP contribution in [0.15, 0.2) is 48.5 Å². The van der Waals surface area contributed by atoms with Crippen LogP contribution in [0.2, 0.25) is 0 Å². The van der Waals surface area contributed by atoms with E-state index in [2.05, 4.69) is 16.9 Å². The molecule has 0 spiro atoms. The molecule has 2 heterocycles. The van der Waals surface area contributed by atoms with E-state index in [0.717, 1.165) is 76.4 Å². The number of carboxylic acid groups (broad SMARTS) is 2. The monoisotopic (exact) mass is 446 g/mol. The van der Waals surface area contributed by atoms with Crippen molar-refractivity contribution in [3.63, 3.8) is 0 Å². The van der Waals surface area contributed by atoms with Crippen molar-refractivity contribution in [2.24, 2.45) is 0 Å². The Labute approximate surface area is 192 Å². The number of rotatable bonds is 11. The van der Waals surface area contributed by atoms with Crippen LogP contribution in [0.25, 0.3) is 21.8 Å². The average Bonchev–Trinajstić information content (AvgIpc) is 3.32. The van der Waals surface area contributed by atoms with Crippen LogP contribution in [-0.4, -0.2) is 32.1 Å². The SMILES string of the molecule is CCCCCCC(c1[nH]c2ccccc2c1CC(=O)O)c1[nH]c2ccccc2c1CC(=O)O. The molecule has 0 aliphatic heterocycles. The minimum Gasteiger partial charge on any atom is -0.481 e. The van der Waals surface area contributed by atoms with Gasteiger partial charge in [0.25, 0.3) is 0 Å². The Morgan fingerprint density at radius 2 is 1.24 bits per heavy atom. The van der Waals surface area contributed by atoms with Gasteiger partial charge in [-0.15, -0.1) is 0 Å². The van der Waals surface area contributed by atoms with Crippen LogP contribution in [0, 0.1) is 0 Å². The van der Waals surface area contributed by atoms with Gasteiger partial charge in [0.1, 0.15) is 0 Å². The van der Waals surface area contributed by atoms with Crippen molar-refractivity contribution >= 4 is 33.7 Å². The quantitative estimate of drug-likeness (QED) is 0.212. The lowest BCUT2D eigenvalue weighted by molar-refractivity contribution is -0.137. The van der Waals surface area contributed by atoms with Crippen molar-refractivity contribution in [1.82, 2.24) is 9.97 Å². The van der Waals surface area contributed by atoms with E-state index < -0.39 is 11.9 Å². The van der Waals surface area contributed by atoms with Gasteiger partial charge in [-0.2, -0.15) is 0 Å². The fourth-order valence-corrected chi connectivity index (χ4v) is 4.93. The molecule has 0 atom stereocenters. The van der Waals surface area contributed by atoms with Crippen molar-refractivity contribution in [1.29, 1.82) is 0 Å². The van der Waals surface area contributed by atoms with Crippen molar-refractivity contribution in [2.75, 3.05) is 0 Å². The summed E-state index contributed by atoms with van der Waals surface area (Å²) in [7, 11) is 0. The van der Waals surface area contributed by atoms with Gasteiger partial charge in [-0.1, -0.05) is 69.0 Å². The van der Waals surface area contributed by atoms with E-state index >= 15 is 0 Å². The molecule has 0 bridgehead atoms. The van der Waals surface area contributed by atoms with E-state index in [0.29, 0.717) is 0 Å². The second-order valence-electron chi connectivity index (χ2n) is 8.67. The Hall–Kier alpha value is -3.54. The van der Waals surface area contributed by atoms with Crippen molar-refractivity contribution < 1.29 is 19.8 Å². The Morgan fingerprint density at radius 3 is 1.70 bits per heavy atom. The number of nitrogens with one attached hydrogen (secondary N) is 2. The predicted octanol–water partition coefficient (Wildman–Crippen LogP) is 6.01. The van der Waals surface area contributed by atoms with Gasteiger partial charge in [-0.05, 0) is 29.7 Å². The minimum absolute atomic E-state index is 0.0840. The summed E-state index contributed by atoms with van der Waals surface area (Å²) in [6.45, 7) is 2.17. The molecule has 6 heteroatoms. The van der Waals surface area contributed by atoms with Crippen molar-refractivity contribution in [3.05, 3.63) is 71.0 Å². The lowest BCUT2D eigenvalue weighted by atomic mass is 9.87. The predicted molar refractivity (Wildman–Crippen MR) is 130 cm³/mol. The van der Waals surface area contributed by atoms with Crippen LogP contribution in [0.1, 0.15) is 67.5 Å². The summed E-state index contributed by atoms with van der Waals surface area (Å²) in [6, 6.07) is 15.5. The maximum Gasteiger partial charge on any atom is 0.307 e. The normalized spacial score (nSPS) is 11.6. The Kier molecular flexibility index (Phi) is 6.82. The molecule has 0 aliphatic carbocycles. The number of fused-ring (bicyclic) bond motifs is 2. The molecule has 4 aromatic rings. The molecule has 0 aliphatic rings. The molecular formula is C27H30N2O4. The van der Waals surface area contributed by atoms with Gasteiger partial charge in [-0.3, -0.25) is 9.59 Å². The molecule has 0 saturated heterocycles. The third-order valence-electron chi connectivity index (χ3n) is 6.39. The van der Waals surface area contributed by atoms with Crippen molar-refractivity contribution in [3.8, 4) is 0 Å². The summed E-state index contributed by atoms with van der Waals surface area (Å²) in [5.74, 6) is -1.91. The zero-order chi connectivity index (χ0) is 23.4. The number of hydrogen-bond acceptors (Lipinski definition) is 2. The van der Waals surface area contributed by atoms with Crippen LogP contribution in [0.3, 0.4) is 0 Å². The zero-order valence-electron chi connectivity index (χ0n) is 18.9. The molecule has 0 unspecified atom stereocenters. The van der Waals surface area contributed by atoms with Gasteiger partial charge >= 0.3 is 11.9 Å².